The third kappa shape index (κ3) is 3.95. The molecule has 0 heterocycles. The normalized spacial score (nSPS) is 11.7. The van der Waals surface area contributed by atoms with Crippen LogP contribution in [0.5, 0.6) is 0 Å². The van der Waals surface area contributed by atoms with E-state index in [-0.39, 0.29) is 11.3 Å². The Bertz CT molecular complexity index is 547. The molecular weight excluding hydrogens is 284 g/mol. The van der Waals surface area contributed by atoms with Gasteiger partial charge in [-0.15, -0.1) is 11.8 Å². The number of hydrogen-bond acceptors (Lipinski definition) is 5. The van der Waals surface area contributed by atoms with Crippen molar-refractivity contribution in [1.29, 1.82) is 0 Å². The zero-order valence-electron chi connectivity index (χ0n) is 11.0. The molecule has 1 aromatic rings. The van der Waals surface area contributed by atoms with Gasteiger partial charge in [0.05, 0.1) is 10.5 Å². The lowest BCUT2D eigenvalue weighted by Crippen LogP contribution is -2.38. The van der Waals surface area contributed by atoms with Gasteiger partial charge in [-0.1, -0.05) is 6.92 Å². The van der Waals surface area contributed by atoms with Gasteiger partial charge in [0, 0.05) is 17.0 Å². The average Bonchev–Trinajstić information content (AvgIpc) is 2.38. The Morgan fingerprint density at radius 3 is 2.65 bits per heavy atom. The molecule has 1 aromatic carbocycles. The van der Waals surface area contributed by atoms with Gasteiger partial charge in [-0.2, -0.15) is 0 Å². The molecule has 0 saturated heterocycles. The van der Waals surface area contributed by atoms with E-state index in [4.69, 9.17) is 5.11 Å². The van der Waals surface area contributed by atoms with Crippen LogP contribution in [0.1, 0.15) is 24.2 Å². The molecule has 2 N–H and O–H groups in total. The van der Waals surface area contributed by atoms with E-state index in [9.17, 15) is 19.7 Å². The zero-order valence-corrected chi connectivity index (χ0v) is 11.8. The van der Waals surface area contributed by atoms with Gasteiger partial charge in [-0.05, 0) is 18.7 Å². The van der Waals surface area contributed by atoms with Crippen LogP contribution in [0.25, 0.3) is 0 Å². The fourth-order valence-corrected chi connectivity index (χ4v) is 2.21. The minimum Gasteiger partial charge on any atom is -0.480 e. The first-order valence-corrected chi connectivity index (χ1v) is 6.80. The third-order valence-electron chi connectivity index (χ3n) is 2.44. The molecule has 0 bridgehead atoms. The maximum atomic E-state index is 12.0. The van der Waals surface area contributed by atoms with Gasteiger partial charge in [0.2, 0.25) is 0 Å². The molecule has 20 heavy (non-hydrogen) atoms. The highest BCUT2D eigenvalue weighted by atomic mass is 32.2. The highest BCUT2D eigenvalue weighted by Gasteiger charge is 2.20. The van der Waals surface area contributed by atoms with E-state index in [1.165, 1.54) is 30.8 Å². The molecule has 0 spiro atoms. The Labute approximate surface area is 119 Å². The number of nitrogens with one attached hydrogen (secondary N) is 1. The second kappa shape index (κ2) is 6.90. The van der Waals surface area contributed by atoms with Crippen LogP contribution in [0.15, 0.2) is 23.1 Å². The van der Waals surface area contributed by atoms with E-state index < -0.39 is 22.8 Å². The first-order chi connectivity index (χ1) is 9.36. The number of thioether (sulfide) groups is 1. The van der Waals surface area contributed by atoms with Crippen molar-refractivity contribution in [2.45, 2.75) is 24.8 Å². The van der Waals surface area contributed by atoms with Crippen LogP contribution in [0.3, 0.4) is 0 Å². The summed E-state index contributed by atoms with van der Waals surface area (Å²) < 4.78 is 0. The van der Waals surface area contributed by atoms with Crippen molar-refractivity contribution < 1.29 is 19.6 Å². The fraction of sp³-hybridized carbons (Fsp3) is 0.333. The summed E-state index contributed by atoms with van der Waals surface area (Å²) in [4.78, 5) is 33.5. The SMILES string of the molecule is CCSc1ccc([N+](=O)[O-])cc1C(=O)N[C@@H](C)C(=O)O. The van der Waals surface area contributed by atoms with Crippen molar-refractivity contribution in [3.63, 3.8) is 0 Å². The molecule has 0 aliphatic carbocycles. The highest BCUT2D eigenvalue weighted by molar-refractivity contribution is 7.99. The number of aliphatic carboxylic acids is 1. The Kier molecular flexibility index (Phi) is 5.51. The largest absolute Gasteiger partial charge is 0.480 e. The van der Waals surface area contributed by atoms with Crippen LogP contribution in [0.2, 0.25) is 0 Å². The summed E-state index contributed by atoms with van der Waals surface area (Å²) >= 11 is 1.36. The van der Waals surface area contributed by atoms with Gasteiger partial charge >= 0.3 is 5.97 Å². The van der Waals surface area contributed by atoms with Gasteiger partial charge in [-0.3, -0.25) is 19.7 Å². The minimum atomic E-state index is -1.17. The number of rotatable bonds is 6. The Balaban J connectivity index is 3.11. The second-order valence-electron chi connectivity index (χ2n) is 3.90. The van der Waals surface area contributed by atoms with Crippen molar-refractivity contribution in [2.75, 3.05) is 5.75 Å². The second-order valence-corrected chi connectivity index (χ2v) is 5.21. The Morgan fingerprint density at radius 1 is 1.50 bits per heavy atom. The fourth-order valence-electron chi connectivity index (χ4n) is 1.43. The molecule has 1 rings (SSSR count). The molecule has 0 saturated carbocycles. The molecule has 0 aromatic heterocycles. The maximum Gasteiger partial charge on any atom is 0.325 e. The number of hydrogen-bond donors (Lipinski definition) is 2. The number of benzene rings is 1. The molecule has 108 valence electrons. The molecular formula is C12H14N2O5S. The topological polar surface area (TPSA) is 110 Å². The summed E-state index contributed by atoms with van der Waals surface area (Å²) in [5.41, 5.74) is -0.0993. The summed E-state index contributed by atoms with van der Waals surface area (Å²) in [7, 11) is 0. The standard InChI is InChI=1S/C12H14N2O5S/c1-3-20-10-5-4-8(14(18)19)6-9(10)11(15)13-7(2)12(16)17/h4-7H,3H2,1-2H3,(H,13,15)(H,16,17)/t7-/m0/s1. The molecule has 0 fully saturated rings. The maximum absolute atomic E-state index is 12.0. The molecule has 1 amide bonds. The molecule has 0 unspecified atom stereocenters. The summed E-state index contributed by atoms with van der Waals surface area (Å²) in [6.07, 6.45) is 0. The molecule has 0 aliphatic rings. The zero-order chi connectivity index (χ0) is 15.3. The van der Waals surface area contributed by atoms with Crippen molar-refractivity contribution in [2.24, 2.45) is 0 Å². The lowest BCUT2D eigenvalue weighted by molar-refractivity contribution is -0.384. The number of carboxylic acid groups (broad SMARTS) is 1. The number of carbonyl (C=O) groups excluding carboxylic acids is 1. The summed E-state index contributed by atoms with van der Waals surface area (Å²) in [6, 6.07) is 2.89. The van der Waals surface area contributed by atoms with Crippen LogP contribution in [0.4, 0.5) is 5.69 Å². The van der Waals surface area contributed by atoms with E-state index in [1.807, 2.05) is 6.92 Å². The van der Waals surface area contributed by atoms with Gasteiger partial charge in [0.15, 0.2) is 0 Å². The first-order valence-electron chi connectivity index (χ1n) is 5.81. The lowest BCUT2D eigenvalue weighted by Gasteiger charge is -2.12. The smallest absolute Gasteiger partial charge is 0.325 e. The average molecular weight is 298 g/mol. The quantitative estimate of drug-likeness (QED) is 0.471. The van der Waals surface area contributed by atoms with E-state index >= 15 is 0 Å². The predicted octanol–water partition coefficient (Wildman–Crippen LogP) is 1.91. The van der Waals surface area contributed by atoms with Crippen molar-refractivity contribution >= 4 is 29.3 Å². The number of carbonyl (C=O) groups is 2. The predicted molar refractivity (Wildman–Crippen MR) is 74.1 cm³/mol. The number of amides is 1. The van der Waals surface area contributed by atoms with Crippen molar-refractivity contribution in [3.8, 4) is 0 Å². The monoisotopic (exact) mass is 298 g/mol. The number of nitrogens with zero attached hydrogens (tertiary/aromatic N) is 1. The molecule has 7 nitrogen and oxygen atoms in total. The van der Waals surface area contributed by atoms with E-state index in [0.29, 0.717) is 10.6 Å². The van der Waals surface area contributed by atoms with Crippen LogP contribution in [-0.4, -0.2) is 33.7 Å². The molecule has 0 radical (unpaired) electrons. The lowest BCUT2D eigenvalue weighted by atomic mass is 10.1. The minimum absolute atomic E-state index is 0.110. The van der Waals surface area contributed by atoms with Gasteiger partial charge in [-0.25, -0.2) is 0 Å². The Hall–Kier alpha value is -2.09. The summed E-state index contributed by atoms with van der Waals surface area (Å²) in [6.45, 7) is 3.21. The molecule has 8 heteroatoms. The van der Waals surface area contributed by atoms with Crippen LogP contribution < -0.4 is 5.32 Å². The van der Waals surface area contributed by atoms with Crippen LogP contribution in [-0.2, 0) is 4.79 Å². The van der Waals surface area contributed by atoms with Gasteiger partial charge in [0.25, 0.3) is 11.6 Å². The van der Waals surface area contributed by atoms with E-state index in [0.717, 1.165) is 6.07 Å². The summed E-state index contributed by atoms with van der Waals surface area (Å²) in [5.74, 6) is -1.12. The van der Waals surface area contributed by atoms with Crippen LogP contribution in [0, 0.1) is 10.1 Å². The molecule has 0 aliphatic heterocycles. The number of nitro benzene ring substituents is 1. The summed E-state index contributed by atoms with van der Waals surface area (Å²) in [5, 5.41) is 21.8. The van der Waals surface area contributed by atoms with Crippen molar-refractivity contribution in [1.82, 2.24) is 5.32 Å². The van der Waals surface area contributed by atoms with E-state index in [1.54, 1.807) is 0 Å². The molecule has 1 atom stereocenters. The van der Waals surface area contributed by atoms with E-state index in [2.05, 4.69) is 5.32 Å². The van der Waals surface area contributed by atoms with Gasteiger partial charge < -0.3 is 10.4 Å². The van der Waals surface area contributed by atoms with Gasteiger partial charge in [0.1, 0.15) is 6.04 Å². The number of carboxylic acids is 1. The first kappa shape index (κ1) is 16.0. The third-order valence-corrected chi connectivity index (χ3v) is 3.39. The highest BCUT2D eigenvalue weighted by Crippen LogP contribution is 2.26. The number of nitro groups is 1. The van der Waals surface area contributed by atoms with Crippen LogP contribution >= 0.6 is 11.8 Å². The van der Waals surface area contributed by atoms with Crippen molar-refractivity contribution in [3.05, 3.63) is 33.9 Å². The Morgan fingerprint density at radius 2 is 2.15 bits per heavy atom. The number of non-ortho nitro benzene ring substituents is 1.